The van der Waals surface area contributed by atoms with Gasteiger partial charge >= 0.3 is 6.55 Å². The molecule has 1 aliphatic heterocycles. The Morgan fingerprint density at radius 1 is 1.09 bits per heavy atom. The summed E-state index contributed by atoms with van der Waals surface area (Å²) < 4.78 is 28.4. The van der Waals surface area contributed by atoms with Crippen LogP contribution in [0.2, 0.25) is 0 Å². The summed E-state index contributed by atoms with van der Waals surface area (Å²) in [4.78, 5) is 6.41. The number of alkyl halides is 2. The van der Waals surface area contributed by atoms with Crippen molar-refractivity contribution >= 4 is 21.8 Å². The highest BCUT2D eigenvalue weighted by molar-refractivity contribution is 6.07. The molecule has 1 fully saturated rings. The second kappa shape index (κ2) is 5.57. The van der Waals surface area contributed by atoms with Crippen LogP contribution in [0.1, 0.15) is 30.9 Å². The van der Waals surface area contributed by atoms with Crippen molar-refractivity contribution in [1.29, 1.82) is 0 Å². The van der Waals surface area contributed by atoms with Crippen LogP contribution in [0.4, 0.5) is 8.78 Å². The molecule has 120 valence electrons. The van der Waals surface area contributed by atoms with Crippen LogP contribution in [0, 0.1) is 0 Å². The van der Waals surface area contributed by atoms with Crippen molar-refractivity contribution in [2.24, 2.45) is 0 Å². The molecule has 23 heavy (non-hydrogen) atoms. The van der Waals surface area contributed by atoms with Crippen LogP contribution in [-0.4, -0.2) is 34.6 Å². The summed E-state index contributed by atoms with van der Waals surface area (Å²) >= 11 is 0. The number of pyridine rings is 1. The van der Waals surface area contributed by atoms with E-state index in [-0.39, 0.29) is 0 Å². The normalized spacial score (nSPS) is 17.6. The van der Waals surface area contributed by atoms with Gasteiger partial charge in [-0.1, -0.05) is 12.1 Å². The van der Waals surface area contributed by atoms with Gasteiger partial charge in [-0.3, -0.25) is 9.55 Å². The molecule has 0 unspecified atom stereocenters. The number of hydrogen-bond acceptors (Lipinski definition) is 2. The maximum absolute atomic E-state index is 13.6. The Bertz CT molecular complexity index is 848. The minimum Gasteiger partial charge on any atom is -0.306 e. The Morgan fingerprint density at radius 3 is 2.61 bits per heavy atom. The van der Waals surface area contributed by atoms with Crippen LogP contribution in [-0.2, 0) is 0 Å². The average molecular weight is 315 g/mol. The summed E-state index contributed by atoms with van der Waals surface area (Å²) in [6, 6.07) is 7.70. The van der Waals surface area contributed by atoms with Crippen LogP contribution in [0.25, 0.3) is 21.8 Å². The molecule has 5 heteroatoms. The molecular weight excluding hydrogens is 296 g/mol. The second-order valence-corrected chi connectivity index (χ2v) is 6.39. The van der Waals surface area contributed by atoms with Crippen LogP contribution >= 0.6 is 0 Å². The van der Waals surface area contributed by atoms with E-state index in [1.807, 2.05) is 12.1 Å². The second-order valence-electron chi connectivity index (χ2n) is 6.39. The summed E-state index contributed by atoms with van der Waals surface area (Å²) in [6.45, 7) is -0.431. The van der Waals surface area contributed by atoms with Gasteiger partial charge in [0.1, 0.15) is 0 Å². The monoisotopic (exact) mass is 315 g/mol. The van der Waals surface area contributed by atoms with E-state index in [0.29, 0.717) is 17.0 Å². The maximum atomic E-state index is 13.6. The molecule has 0 atom stereocenters. The quantitative estimate of drug-likeness (QED) is 0.699. The number of fused-ring (bicyclic) bond motifs is 3. The summed E-state index contributed by atoms with van der Waals surface area (Å²) in [7, 11) is 2.13. The van der Waals surface area contributed by atoms with Crippen molar-refractivity contribution in [2.75, 3.05) is 20.1 Å². The molecule has 0 aliphatic carbocycles. The highest BCUT2D eigenvalue weighted by atomic mass is 19.3. The topological polar surface area (TPSA) is 21.1 Å². The van der Waals surface area contributed by atoms with Gasteiger partial charge in [-0.25, -0.2) is 0 Å². The molecule has 3 heterocycles. The lowest BCUT2D eigenvalue weighted by Gasteiger charge is -2.29. The van der Waals surface area contributed by atoms with Crippen LogP contribution in [0.3, 0.4) is 0 Å². The average Bonchev–Trinajstić information content (AvgIpc) is 2.89. The first-order valence-electron chi connectivity index (χ1n) is 7.99. The van der Waals surface area contributed by atoms with Gasteiger partial charge in [-0.15, -0.1) is 0 Å². The fourth-order valence-electron chi connectivity index (χ4n) is 3.72. The Labute approximate surface area is 133 Å². The lowest BCUT2D eigenvalue weighted by Crippen LogP contribution is -2.29. The number of halogens is 2. The first-order valence-corrected chi connectivity index (χ1v) is 7.99. The molecule has 3 aromatic rings. The molecule has 0 saturated carbocycles. The smallest absolute Gasteiger partial charge is 0.306 e. The van der Waals surface area contributed by atoms with Gasteiger partial charge in [0.05, 0.1) is 11.0 Å². The van der Waals surface area contributed by atoms with Gasteiger partial charge in [-0.05, 0) is 56.6 Å². The first kappa shape index (κ1) is 14.6. The van der Waals surface area contributed by atoms with Crippen molar-refractivity contribution < 1.29 is 8.78 Å². The lowest BCUT2D eigenvalue weighted by molar-refractivity contribution is 0.0796. The molecule has 0 bridgehead atoms. The molecule has 0 radical (unpaired) electrons. The molecular formula is C18H19F2N3. The zero-order valence-electron chi connectivity index (χ0n) is 13.0. The largest absolute Gasteiger partial charge is 0.319 e. The molecule has 2 aromatic heterocycles. The minimum absolute atomic E-state index is 0.456. The molecule has 1 aromatic carbocycles. The van der Waals surface area contributed by atoms with E-state index in [1.54, 1.807) is 18.5 Å². The molecule has 0 spiro atoms. The van der Waals surface area contributed by atoms with E-state index in [9.17, 15) is 8.78 Å². The number of benzene rings is 1. The third-order valence-corrected chi connectivity index (χ3v) is 5.01. The number of hydrogen-bond donors (Lipinski definition) is 0. The molecule has 3 nitrogen and oxygen atoms in total. The van der Waals surface area contributed by atoms with Gasteiger partial charge in [0.15, 0.2) is 0 Å². The fourth-order valence-corrected chi connectivity index (χ4v) is 3.72. The fraction of sp³-hybridized carbons (Fsp3) is 0.389. The zero-order valence-corrected chi connectivity index (χ0v) is 13.0. The van der Waals surface area contributed by atoms with Gasteiger partial charge in [0, 0.05) is 23.2 Å². The summed E-state index contributed by atoms with van der Waals surface area (Å²) in [6.07, 6.45) is 5.40. The molecule has 1 aliphatic rings. The molecule has 0 N–H and O–H groups in total. The van der Waals surface area contributed by atoms with Crippen LogP contribution in [0.5, 0.6) is 0 Å². The highest BCUT2D eigenvalue weighted by Gasteiger charge is 2.21. The van der Waals surface area contributed by atoms with Crippen molar-refractivity contribution in [3.8, 4) is 0 Å². The summed E-state index contributed by atoms with van der Waals surface area (Å²) in [5, 5.41) is 1.64. The minimum atomic E-state index is -2.55. The number of piperidine rings is 1. The number of nitrogens with zero attached hydrogens (tertiary/aromatic N) is 3. The summed E-state index contributed by atoms with van der Waals surface area (Å²) in [5.41, 5.74) is 2.33. The predicted octanol–water partition coefficient (Wildman–Crippen LogP) is 4.39. The SMILES string of the molecule is CN1CCC(c2ccc3c4cnccc4n(C(F)F)c3c2)CC1. The summed E-state index contributed by atoms with van der Waals surface area (Å²) in [5.74, 6) is 0.456. The van der Waals surface area contributed by atoms with Crippen molar-refractivity contribution in [2.45, 2.75) is 25.3 Å². The molecule has 1 saturated heterocycles. The van der Waals surface area contributed by atoms with E-state index >= 15 is 0 Å². The maximum Gasteiger partial charge on any atom is 0.319 e. The Balaban J connectivity index is 1.87. The van der Waals surface area contributed by atoms with E-state index < -0.39 is 6.55 Å². The molecule has 0 amide bonds. The van der Waals surface area contributed by atoms with Gasteiger partial charge < -0.3 is 4.90 Å². The lowest BCUT2D eigenvalue weighted by atomic mass is 9.89. The van der Waals surface area contributed by atoms with Crippen molar-refractivity contribution in [3.05, 3.63) is 42.2 Å². The van der Waals surface area contributed by atoms with Crippen LogP contribution < -0.4 is 0 Å². The Morgan fingerprint density at radius 2 is 1.87 bits per heavy atom. The third kappa shape index (κ3) is 2.39. The van der Waals surface area contributed by atoms with E-state index in [0.717, 1.165) is 41.3 Å². The Hall–Kier alpha value is -2.01. The molecule has 4 rings (SSSR count). The Kier molecular flexibility index (Phi) is 3.53. The van der Waals surface area contributed by atoms with Gasteiger partial charge in [0.2, 0.25) is 0 Å². The van der Waals surface area contributed by atoms with E-state index in [2.05, 4.69) is 23.0 Å². The predicted molar refractivity (Wildman–Crippen MR) is 88.0 cm³/mol. The van der Waals surface area contributed by atoms with Gasteiger partial charge in [0.25, 0.3) is 0 Å². The number of aromatic nitrogens is 2. The number of likely N-dealkylation sites (tertiary alicyclic amines) is 1. The zero-order chi connectivity index (χ0) is 16.0. The number of rotatable bonds is 2. The van der Waals surface area contributed by atoms with Gasteiger partial charge in [-0.2, -0.15) is 8.78 Å². The first-order chi connectivity index (χ1) is 11.1. The van der Waals surface area contributed by atoms with Crippen LogP contribution in [0.15, 0.2) is 36.7 Å². The standard InChI is InChI=1S/C18H19F2N3/c1-22-8-5-12(6-9-22)13-2-3-14-15-11-21-7-4-16(15)23(18(19)20)17(14)10-13/h2-4,7,10-12,18H,5-6,8-9H2,1H3. The highest BCUT2D eigenvalue weighted by Crippen LogP contribution is 2.36. The van der Waals surface area contributed by atoms with E-state index in [4.69, 9.17) is 0 Å². The van der Waals surface area contributed by atoms with Crippen molar-refractivity contribution in [3.63, 3.8) is 0 Å². The van der Waals surface area contributed by atoms with Crippen molar-refractivity contribution in [1.82, 2.24) is 14.5 Å². The third-order valence-electron chi connectivity index (χ3n) is 5.01. The van der Waals surface area contributed by atoms with E-state index in [1.165, 1.54) is 5.56 Å².